The van der Waals surface area contributed by atoms with Crippen molar-refractivity contribution in [2.45, 2.75) is 25.9 Å². The molecule has 1 aromatic rings. The Balaban J connectivity index is 2.01. The van der Waals surface area contributed by atoms with Gasteiger partial charge in [0.15, 0.2) is 0 Å². The van der Waals surface area contributed by atoms with Gasteiger partial charge < -0.3 is 10.6 Å². The Morgan fingerprint density at radius 2 is 1.94 bits per heavy atom. The lowest BCUT2D eigenvalue weighted by molar-refractivity contribution is 0.0998. The first-order valence-electron chi connectivity index (χ1n) is 6.90. The summed E-state index contributed by atoms with van der Waals surface area (Å²) in [5, 5.41) is 0. The van der Waals surface area contributed by atoms with Crippen LogP contribution < -0.4 is 5.73 Å². The van der Waals surface area contributed by atoms with Crippen molar-refractivity contribution >= 4 is 0 Å². The third-order valence-corrected chi connectivity index (χ3v) is 3.97. The van der Waals surface area contributed by atoms with Gasteiger partial charge in [-0.15, -0.1) is 0 Å². The van der Waals surface area contributed by atoms with Gasteiger partial charge in [0.05, 0.1) is 0 Å². The van der Waals surface area contributed by atoms with Crippen LogP contribution in [0.3, 0.4) is 0 Å². The summed E-state index contributed by atoms with van der Waals surface area (Å²) < 4.78 is 0. The second kappa shape index (κ2) is 6.32. The molecule has 1 unspecified atom stereocenters. The van der Waals surface area contributed by atoms with Gasteiger partial charge in [-0.05, 0) is 38.1 Å². The minimum absolute atomic E-state index is 0.653. The maximum absolute atomic E-state index is 5.68. The highest BCUT2D eigenvalue weighted by Gasteiger charge is 2.20. The van der Waals surface area contributed by atoms with E-state index in [9.17, 15) is 0 Å². The highest BCUT2D eigenvalue weighted by Crippen LogP contribution is 2.15. The molecule has 2 N–H and O–H groups in total. The van der Waals surface area contributed by atoms with Crippen molar-refractivity contribution in [3.63, 3.8) is 0 Å². The number of nitrogens with zero attached hydrogens (tertiary/aromatic N) is 2. The topological polar surface area (TPSA) is 32.5 Å². The zero-order valence-corrected chi connectivity index (χ0v) is 11.6. The number of nitrogens with two attached hydrogens (primary N) is 1. The molecule has 0 radical (unpaired) electrons. The molecule has 1 atom stereocenters. The maximum atomic E-state index is 5.68. The number of hydrogen-bond acceptors (Lipinski definition) is 3. The van der Waals surface area contributed by atoms with Crippen LogP contribution in [0.5, 0.6) is 0 Å². The fourth-order valence-electron chi connectivity index (χ4n) is 2.62. The van der Waals surface area contributed by atoms with E-state index in [2.05, 4.69) is 48.0 Å². The molecule has 0 aromatic heterocycles. The van der Waals surface area contributed by atoms with Gasteiger partial charge in [-0.1, -0.05) is 24.3 Å². The van der Waals surface area contributed by atoms with E-state index in [1.165, 1.54) is 17.7 Å². The van der Waals surface area contributed by atoms with Crippen LogP contribution in [0.25, 0.3) is 0 Å². The molecule has 0 spiro atoms. The number of likely N-dealkylation sites (N-methyl/N-ethyl adjacent to an activating group) is 1. The van der Waals surface area contributed by atoms with Gasteiger partial charge in [0.25, 0.3) is 0 Å². The predicted octanol–water partition coefficient (Wildman–Crippen LogP) is 1.32. The molecule has 3 heteroatoms. The fraction of sp³-hybridized carbons (Fsp3) is 0.600. The van der Waals surface area contributed by atoms with Gasteiger partial charge in [0.2, 0.25) is 0 Å². The van der Waals surface area contributed by atoms with Crippen molar-refractivity contribution in [2.75, 3.05) is 33.2 Å². The molecule has 1 fully saturated rings. The van der Waals surface area contributed by atoms with E-state index in [4.69, 9.17) is 5.73 Å². The molecular weight excluding hydrogens is 222 g/mol. The molecule has 100 valence electrons. The van der Waals surface area contributed by atoms with E-state index in [1.807, 2.05) is 0 Å². The van der Waals surface area contributed by atoms with Crippen LogP contribution in [0.4, 0.5) is 0 Å². The number of benzene rings is 1. The second-order valence-corrected chi connectivity index (χ2v) is 5.37. The van der Waals surface area contributed by atoms with E-state index in [0.29, 0.717) is 6.04 Å². The largest absolute Gasteiger partial charge is 0.330 e. The van der Waals surface area contributed by atoms with E-state index in [1.54, 1.807) is 0 Å². The monoisotopic (exact) mass is 247 g/mol. The molecule has 1 aliphatic rings. The molecule has 3 nitrogen and oxygen atoms in total. The van der Waals surface area contributed by atoms with Gasteiger partial charge in [-0.2, -0.15) is 0 Å². The smallest absolute Gasteiger partial charge is 0.0237 e. The van der Waals surface area contributed by atoms with Crippen LogP contribution in [0, 0.1) is 0 Å². The van der Waals surface area contributed by atoms with Crippen molar-refractivity contribution in [2.24, 2.45) is 5.73 Å². The van der Waals surface area contributed by atoms with Crippen LogP contribution in [0.2, 0.25) is 0 Å². The van der Waals surface area contributed by atoms with Crippen LogP contribution >= 0.6 is 0 Å². The highest BCUT2D eigenvalue weighted by molar-refractivity contribution is 5.27. The summed E-state index contributed by atoms with van der Waals surface area (Å²) in [5.41, 5.74) is 8.54. The molecule has 0 saturated carbocycles. The summed E-state index contributed by atoms with van der Waals surface area (Å²) in [6.45, 7) is 7.59. The third kappa shape index (κ3) is 3.31. The zero-order valence-electron chi connectivity index (χ0n) is 11.6. The summed E-state index contributed by atoms with van der Waals surface area (Å²) in [6, 6.07) is 9.35. The van der Waals surface area contributed by atoms with Crippen LogP contribution in [0.1, 0.15) is 18.1 Å². The molecule has 2 rings (SSSR count). The fourth-order valence-corrected chi connectivity index (χ4v) is 2.62. The van der Waals surface area contributed by atoms with Gasteiger partial charge in [0.1, 0.15) is 0 Å². The Labute approximate surface area is 111 Å². The minimum Gasteiger partial charge on any atom is -0.330 e. The Morgan fingerprint density at radius 3 is 2.61 bits per heavy atom. The molecule has 1 saturated heterocycles. The Bertz CT molecular complexity index is 378. The summed E-state index contributed by atoms with van der Waals surface area (Å²) in [7, 11) is 2.21. The Morgan fingerprint density at radius 1 is 1.22 bits per heavy atom. The SMILES string of the molecule is CC1CN(Cc2ccccc2CCN)CCN1C. The number of hydrogen-bond donors (Lipinski definition) is 1. The molecular formula is C15H25N3. The first kappa shape index (κ1) is 13.5. The first-order valence-corrected chi connectivity index (χ1v) is 6.90. The van der Waals surface area contributed by atoms with E-state index in [0.717, 1.165) is 32.6 Å². The highest BCUT2D eigenvalue weighted by atomic mass is 15.3. The van der Waals surface area contributed by atoms with Gasteiger partial charge >= 0.3 is 0 Å². The van der Waals surface area contributed by atoms with Crippen molar-refractivity contribution in [1.82, 2.24) is 9.80 Å². The van der Waals surface area contributed by atoms with Crippen LogP contribution in [-0.4, -0.2) is 49.1 Å². The van der Waals surface area contributed by atoms with Crippen molar-refractivity contribution in [1.29, 1.82) is 0 Å². The lowest BCUT2D eigenvalue weighted by Gasteiger charge is -2.38. The van der Waals surface area contributed by atoms with E-state index < -0.39 is 0 Å². The van der Waals surface area contributed by atoms with Gasteiger partial charge in [-0.25, -0.2) is 0 Å². The Kier molecular flexibility index (Phi) is 4.75. The first-order chi connectivity index (χ1) is 8.70. The summed E-state index contributed by atoms with van der Waals surface area (Å²) in [4.78, 5) is 4.99. The van der Waals surface area contributed by atoms with E-state index >= 15 is 0 Å². The molecule has 1 aliphatic heterocycles. The van der Waals surface area contributed by atoms with Gasteiger partial charge in [0, 0.05) is 32.2 Å². The molecule has 18 heavy (non-hydrogen) atoms. The van der Waals surface area contributed by atoms with Crippen molar-refractivity contribution in [3.8, 4) is 0 Å². The van der Waals surface area contributed by atoms with Crippen LogP contribution in [0.15, 0.2) is 24.3 Å². The average Bonchev–Trinajstić information content (AvgIpc) is 2.37. The summed E-state index contributed by atoms with van der Waals surface area (Å²) in [6.07, 6.45) is 0.986. The zero-order chi connectivity index (χ0) is 13.0. The third-order valence-electron chi connectivity index (χ3n) is 3.97. The van der Waals surface area contributed by atoms with Crippen molar-refractivity contribution in [3.05, 3.63) is 35.4 Å². The molecule has 1 heterocycles. The molecule has 0 bridgehead atoms. The van der Waals surface area contributed by atoms with Crippen LogP contribution in [-0.2, 0) is 13.0 Å². The predicted molar refractivity (Wildman–Crippen MR) is 76.6 cm³/mol. The Hall–Kier alpha value is -0.900. The lowest BCUT2D eigenvalue weighted by Crippen LogP contribution is -2.49. The number of rotatable bonds is 4. The quantitative estimate of drug-likeness (QED) is 0.871. The van der Waals surface area contributed by atoms with Crippen molar-refractivity contribution < 1.29 is 0 Å². The minimum atomic E-state index is 0.653. The average molecular weight is 247 g/mol. The summed E-state index contributed by atoms with van der Waals surface area (Å²) in [5.74, 6) is 0. The standard InChI is InChI=1S/C15H25N3/c1-13-11-18(10-9-17(13)2)12-15-6-4-3-5-14(15)7-8-16/h3-6,13H,7-12,16H2,1-2H3. The normalized spacial score (nSPS) is 22.3. The van der Waals surface area contributed by atoms with Gasteiger partial charge in [-0.3, -0.25) is 4.90 Å². The molecule has 0 amide bonds. The molecule has 0 aliphatic carbocycles. The summed E-state index contributed by atoms with van der Waals surface area (Å²) >= 11 is 0. The molecule has 1 aromatic carbocycles. The maximum Gasteiger partial charge on any atom is 0.0237 e. The van der Waals surface area contributed by atoms with E-state index in [-0.39, 0.29) is 0 Å². The number of piperazine rings is 1. The lowest BCUT2D eigenvalue weighted by atomic mass is 10.0. The second-order valence-electron chi connectivity index (χ2n) is 5.37.